The Hall–Kier alpha value is -1.85. The maximum atomic E-state index is 12.5. The van der Waals surface area contributed by atoms with E-state index in [-0.39, 0.29) is 24.7 Å². The third kappa shape index (κ3) is 2.42. The number of fused-ring (bicyclic) bond motifs is 1. The lowest BCUT2D eigenvalue weighted by atomic mass is 10.2. The molecule has 20 heavy (non-hydrogen) atoms. The second kappa shape index (κ2) is 5.26. The molecule has 1 aliphatic heterocycles. The van der Waals surface area contributed by atoms with Crippen molar-refractivity contribution < 1.29 is 19.1 Å². The SMILES string of the molecule is CC1CN(C(=O)c2cc3ccccc3o2)CC(CO)O1. The fourth-order valence-corrected chi connectivity index (χ4v) is 2.56. The number of furan rings is 1. The highest BCUT2D eigenvalue weighted by Crippen LogP contribution is 2.21. The van der Waals surface area contributed by atoms with Crippen LogP contribution in [-0.2, 0) is 4.74 Å². The van der Waals surface area contributed by atoms with Gasteiger partial charge in [-0.15, -0.1) is 0 Å². The first-order valence-corrected chi connectivity index (χ1v) is 6.71. The monoisotopic (exact) mass is 275 g/mol. The van der Waals surface area contributed by atoms with Crippen LogP contribution in [0.15, 0.2) is 34.7 Å². The molecular formula is C15H17NO4. The molecule has 0 aliphatic carbocycles. The van der Waals surface area contributed by atoms with Crippen LogP contribution in [0.5, 0.6) is 0 Å². The van der Waals surface area contributed by atoms with E-state index in [0.717, 1.165) is 5.39 Å². The molecule has 1 aliphatic rings. The molecule has 0 spiro atoms. The largest absolute Gasteiger partial charge is 0.451 e. The van der Waals surface area contributed by atoms with Crippen molar-refractivity contribution in [3.05, 3.63) is 36.1 Å². The fourth-order valence-electron chi connectivity index (χ4n) is 2.56. The third-order valence-corrected chi connectivity index (χ3v) is 3.45. The summed E-state index contributed by atoms with van der Waals surface area (Å²) in [5, 5.41) is 10.1. The van der Waals surface area contributed by atoms with Gasteiger partial charge in [-0.3, -0.25) is 4.79 Å². The highest BCUT2D eigenvalue weighted by molar-refractivity contribution is 5.96. The predicted molar refractivity (Wildman–Crippen MR) is 73.5 cm³/mol. The van der Waals surface area contributed by atoms with Crippen LogP contribution < -0.4 is 0 Å². The maximum absolute atomic E-state index is 12.5. The smallest absolute Gasteiger partial charge is 0.289 e. The zero-order valence-corrected chi connectivity index (χ0v) is 11.3. The Labute approximate surface area is 116 Å². The fraction of sp³-hybridized carbons (Fsp3) is 0.400. The van der Waals surface area contributed by atoms with E-state index in [9.17, 15) is 9.90 Å². The van der Waals surface area contributed by atoms with Gasteiger partial charge in [-0.25, -0.2) is 0 Å². The molecule has 5 heteroatoms. The number of para-hydroxylation sites is 1. The number of nitrogens with zero attached hydrogens (tertiary/aromatic N) is 1. The van der Waals surface area contributed by atoms with Crippen LogP contribution in [0.1, 0.15) is 17.5 Å². The lowest BCUT2D eigenvalue weighted by Gasteiger charge is -2.35. The van der Waals surface area contributed by atoms with Gasteiger partial charge in [0.25, 0.3) is 5.91 Å². The predicted octanol–water partition coefficient (Wildman–Crippen LogP) is 1.65. The zero-order valence-electron chi connectivity index (χ0n) is 11.3. The molecule has 2 atom stereocenters. The van der Waals surface area contributed by atoms with E-state index in [4.69, 9.17) is 9.15 Å². The van der Waals surface area contributed by atoms with E-state index < -0.39 is 0 Å². The standard InChI is InChI=1S/C15H17NO4/c1-10-7-16(8-12(9-17)19-10)15(18)14-6-11-4-2-3-5-13(11)20-14/h2-6,10,12,17H,7-9H2,1H3. The average Bonchev–Trinajstić information content (AvgIpc) is 2.89. The van der Waals surface area contributed by atoms with Crippen molar-refractivity contribution in [2.24, 2.45) is 0 Å². The van der Waals surface area contributed by atoms with E-state index in [1.807, 2.05) is 31.2 Å². The van der Waals surface area contributed by atoms with Gasteiger partial charge < -0.3 is 19.2 Å². The number of carbonyl (C=O) groups excluding carboxylic acids is 1. The van der Waals surface area contributed by atoms with Gasteiger partial charge in [-0.1, -0.05) is 18.2 Å². The second-order valence-corrected chi connectivity index (χ2v) is 5.11. The van der Waals surface area contributed by atoms with Gasteiger partial charge in [0, 0.05) is 18.5 Å². The van der Waals surface area contributed by atoms with Crippen LogP contribution in [-0.4, -0.2) is 47.8 Å². The van der Waals surface area contributed by atoms with Gasteiger partial charge in [0.05, 0.1) is 18.8 Å². The molecule has 1 aromatic carbocycles. The number of benzene rings is 1. The molecule has 1 fully saturated rings. The average molecular weight is 275 g/mol. The van der Waals surface area contributed by atoms with Crippen molar-refractivity contribution in [1.29, 1.82) is 0 Å². The minimum atomic E-state index is -0.327. The van der Waals surface area contributed by atoms with Crippen LogP contribution in [0.2, 0.25) is 0 Å². The number of ether oxygens (including phenoxy) is 1. The summed E-state index contributed by atoms with van der Waals surface area (Å²) in [5.41, 5.74) is 0.705. The topological polar surface area (TPSA) is 62.9 Å². The van der Waals surface area contributed by atoms with Crippen LogP contribution in [0.3, 0.4) is 0 Å². The summed E-state index contributed by atoms with van der Waals surface area (Å²) >= 11 is 0. The van der Waals surface area contributed by atoms with E-state index in [0.29, 0.717) is 24.4 Å². The number of hydrogen-bond acceptors (Lipinski definition) is 4. The van der Waals surface area contributed by atoms with E-state index in [2.05, 4.69) is 0 Å². The number of carbonyl (C=O) groups is 1. The van der Waals surface area contributed by atoms with Crippen LogP contribution in [0, 0.1) is 0 Å². The number of aliphatic hydroxyl groups excluding tert-OH is 1. The molecule has 1 amide bonds. The minimum absolute atomic E-state index is 0.0887. The third-order valence-electron chi connectivity index (χ3n) is 3.45. The molecule has 1 aromatic heterocycles. The first kappa shape index (κ1) is 13.1. The Balaban J connectivity index is 1.84. The van der Waals surface area contributed by atoms with Crippen LogP contribution in [0.4, 0.5) is 0 Å². The molecular weight excluding hydrogens is 258 g/mol. The highest BCUT2D eigenvalue weighted by atomic mass is 16.5. The molecule has 0 bridgehead atoms. The number of morpholine rings is 1. The summed E-state index contributed by atoms with van der Waals surface area (Å²) in [6, 6.07) is 9.29. The first-order valence-electron chi connectivity index (χ1n) is 6.71. The molecule has 2 heterocycles. The van der Waals surface area contributed by atoms with Crippen molar-refractivity contribution in [3.63, 3.8) is 0 Å². The summed E-state index contributed by atoms with van der Waals surface area (Å²) in [6.07, 6.45) is -0.415. The Morgan fingerprint density at radius 3 is 2.95 bits per heavy atom. The first-order chi connectivity index (χ1) is 9.67. The zero-order chi connectivity index (χ0) is 14.1. The Bertz CT molecular complexity index is 588. The van der Waals surface area contributed by atoms with Crippen molar-refractivity contribution in [3.8, 4) is 0 Å². The molecule has 5 nitrogen and oxygen atoms in total. The summed E-state index contributed by atoms with van der Waals surface area (Å²) in [4.78, 5) is 14.1. The number of aliphatic hydroxyl groups is 1. The molecule has 0 radical (unpaired) electrons. The summed E-state index contributed by atoms with van der Waals surface area (Å²) in [7, 11) is 0. The van der Waals surface area contributed by atoms with Crippen molar-refractivity contribution >= 4 is 16.9 Å². The summed E-state index contributed by atoms with van der Waals surface area (Å²) in [6.45, 7) is 2.69. The number of hydrogen-bond donors (Lipinski definition) is 1. The summed E-state index contributed by atoms with van der Waals surface area (Å²) in [5.74, 6) is 0.173. The molecule has 106 valence electrons. The second-order valence-electron chi connectivity index (χ2n) is 5.11. The maximum Gasteiger partial charge on any atom is 0.289 e. The Kier molecular flexibility index (Phi) is 3.46. The molecule has 2 unspecified atom stereocenters. The lowest BCUT2D eigenvalue weighted by Crippen LogP contribution is -2.50. The molecule has 0 saturated carbocycles. The minimum Gasteiger partial charge on any atom is -0.451 e. The van der Waals surface area contributed by atoms with Crippen molar-refractivity contribution in [2.75, 3.05) is 19.7 Å². The van der Waals surface area contributed by atoms with Gasteiger partial charge >= 0.3 is 0 Å². The molecule has 3 rings (SSSR count). The lowest BCUT2D eigenvalue weighted by molar-refractivity contribution is -0.0862. The van der Waals surface area contributed by atoms with Crippen LogP contribution in [0.25, 0.3) is 11.0 Å². The van der Waals surface area contributed by atoms with Gasteiger partial charge in [-0.05, 0) is 19.1 Å². The normalized spacial score (nSPS) is 23.2. The number of rotatable bonds is 2. The Morgan fingerprint density at radius 1 is 1.40 bits per heavy atom. The van der Waals surface area contributed by atoms with Gasteiger partial charge in [0.15, 0.2) is 5.76 Å². The molecule has 2 aromatic rings. The van der Waals surface area contributed by atoms with Gasteiger partial charge in [-0.2, -0.15) is 0 Å². The van der Waals surface area contributed by atoms with Crippen molar-refractivity contribution in [1.82, 2.24) is 4.90 Å². The molecule has 1 saturated heterocycles. The van der Waals surface area contributed by atoms with E-state index in [1.54, 1.807) is 11.0 Å². The number of amides is 1. The van der Waals surface area contributed by atoms with Gasteiger partial charge in [0.2, 0.25) is 0 Å². The quantitative estimate of drug-likeness (QED) is 0.905. The van der Waals surface area contributed by atoms with Crippen molar-refractivity contribution in [2.45, 2.75) is 19.1 Å². The van der Waals surface area contributed by atoms with E-state index in [1.165, 1.54) is 0 Å². The Morgan fingerprint density at radius 2 is 2.20 bits per heavy atom. The van der Waals surface area contributed by atoms with E-state index >= 15 is 0 Å². The highest BCUT2D eigenvalue weighted by Gasteiger charge is 2.30. The van der Waals surface area contributed by atoms with Crippen LogP contribution >= 0.6 is 0 Å². The van der Waals surface area contributed by atoms with Gasteiger partial charge in [0.1, 0.15) is 5.58 Å². The summed E-state index contributed by atoms with van der Waals surface area (Å²) < 4.78 is 11.1. The molecule has 1 N–H and O–H groups in total.